The molecule has 0 radical (unpaired) electrons. The zero-order valence-corrected chi connectivity index (χ0v) is 17.7. The van der Waals surface area contributed by atoms with E-state index < -0.39 is 33.1 Å². The van der Waals surface area contributed by atoms with Crippen LogP contribution in [-0.4, -0.2) is 46.8 Å². The fourth-order valence-corrected chi connectivity index (χ4v) is 4.62. The Hall–Kier alpha value is -3.66. The number of hydrogen-bond acceptors (Lipinski definition) is 5. The second-order valence-electron chi connectivity index (χ2n) is 7.16. The van der Waals surface area contributed by atoms with Crippen LogP contribution in [0.15, 0.2) is 59.4 Å². The molecule has 0 spiro atoms. The molecule has 4 rings (SSSR count). The Morgan fingerprint density at radius 2 is 1.42 bits per heavy atom. The summed E-state index contributed by atoms with van der Waals surface area (Å²) in [6.07, 6.45) is 0. The van der Waals surface area contributed by atoms with Gasteiger partial charge in [0.25, 0.3) is 17.4 Å². The number of hydrogen-bond donors (Lipinski definition) is 1. The maximum absolute atomic E-state index is 12.9. The maximum Gasteiger partial charge on any atom is 0.296 e. The average molecular weight is 440 g/mol. The van der Waals surface area contributed by atoms with E-state index in [4.69, 9.17) is 0 Å². The predicted molar refractivity (Wildman–Crippen MR) is 115 cm³/mol. The quantitative estimate of drug-likeness (QED) is 0.585. The molecule has 0 atom stereocenters. The highest BCUT2D eigenvalue weighted by molar-refractivity contribution is 7.92. The van der Waals surface area contributed by atoms with Crippen molar-refractivity contribution in [2.45, 2.75) is 6.92 Å². The molecule has 2 aromatic carbocycles. The minimum atomic E-state index is -4.01. The zero-order chi connectivity index (χ0) is 22.3. The number of fused-ring (bicyclic) bond motifs is 1. The summed E-state index contributed by atoms with van der Waals surface area (Å²) in [6, 6.07) is 15.2. The van der Waals surface area contributed by atoms with Gasteiger partial charge in [0.2, 0.25) is 10.0 Å². The van der Waals surface area contributed by atoms with Crippen LogP contribution in [0.25, 0.3) is 5.69 Å². The van der Waals surface area contributed by atoms with Gasteiger partial charge >= 0.3 is 0 Å². The van der Waals surface area contributed by atoms with Crippen molar-refractivity contribution in [3.05, 3.63) is 81.8 Å². The first-order chi connectivity index (χ1) is 14.7. The number of rotatable bonds is 6. The van der Waals surface area contributed by atoms with Crippen molar-refractivity contribution < 1.29 is 18.0 Å². The Balaban J connectivity index is 1.55. The molecule has 10 heteroatoms. The number of aromatic nitrogens is 2. The highest BCUT2D eigenvalue weighted by atomic mass is 32.2. The standard InChI is InChI=1S/C21H20N4O5S/c1-14-18(21(28)25(23(14)2)15-8-4-3-5-9-15)22-31(29,30)13-12-24-19(26)16-10-6-7-11-17(16)20(24)27/h3-11,22H,12-13H2,1-2H3. The van der Waals surface area contributed by atoms with Gasteiger partial charge in [-0.1, -0.05) is 30.3 Å². The van der Waals surface area contributed by atoms with Gasteiger partial charge in [0, 0.05) is 13.6 Å². The van der Waals surface area contributed by atoms with E-state index in [9.17, 15) is 22.8 Å². The van der Waals surface area contributed by atoms with Gasteiger partial charge in [0.15, 0.2) is 0 Å². The topological polar surface area (TPSA) is 110 Å². The zero-order valence-electron chi connectivity index (χ0n) is 16.9. The first kappa shape index (κ1) is 20.6. The molecular formula is C21H20N4O5S. The molecule has 1 aliphatic heterocycles. The SMILES string of the molecule is Cc1c(NS(=O)(=O)CCN2C(=O)c3ccccc3C2=O)c(=O)n(-c2ccccc2)n1C. The molecule has 0 aliphatic carbocycles. The number of nitrogens with zero attached hydrogens (tertiary/aromatic N) is 3. The van der Waals surface area contributed by atoms with E-state index in [1.807, 2.05) is 6.07 Å². The summed E-state index contributed by atoms with van der Waals surface area (Å²) in [6.45, 7) is 1.31. The average Bonchev–Trinajstić information content (AvgIpc) is 3.12. The number of nitrogens with one attached hydrogen (secondary N) is 1. The van der Waals surface area contributed by atoms with E-state index in [0.717, 1.165) is 4.90 Å². The second-order valence-corrected chi connectivity index (χ2v) is 9.01. The smallest absolute Gasteiger partial charge is 0.283 e. The number of para-hydroxylation sites is 1. The molecule has 1 N–H and O–H groups in total. The highest BCUT2D eigenvalue weighted by Crippen LogP contribution is 2.22. The molecule has 0 fully saturated rings. The Morgan fingerprint density at radius 1 is 0.871 bits per heavy atom. The van der Waals surface area contributed by atoms with Crippen LogP contribution in [0, 0.1) is 6.92 Å². The minimum absolute atomic E-state index is 0.0753. The third kappa shape index (κ3) is 3.55. The van der Waals surface area contributed by atoms with Crippen molar-refractivity contribution in [1.29, 1.82) is 0 Å². The third-order valence-corrected chi connectivity index (χ3v) is 6.51. The molecular weight excluding hydrogens is 420 g/mol. The van der Waals surface area contributed by atoms with Gasteiger partial charge in [-0.25, -0.2) is 13.1 Å². The number of carbonyl (C=O) groups excluding carboxylic acids is 2. The lowest BCUT2D eigenvalue weighted by molar-refractivity contribution is 0.0664. The lowest BCUT2D eigenvalue weighted by atomic mass is 10.1. The van der Waals surface area contributed by atoms with Crippen LogP contribution in [-0.2, 0) is 17.1 Å². The number of amides is 2. The largest absolute Gasteiger partial charge is 0.296 e. The van der Waals surface area contributed by atoms with E-state index in [0.29, 0.717) is 11.4 Å². The molecule has 2 amide bonds. The predicted octanol–water partition coefficient (Wildman–Crippen LogP) is 1.52. The van der Waals surface area contributed by atoms with Gasteiger partial charge in [-0.05, 0) is 31.2 Å². The van der Waals surface area contributed by atoms with Crippen LogP contribution >= 0.6 is 0 Å². The molecule has 0 saturated heterocycles. The number of anilines is 1. The Kier molecular flexibility index (Phi) is 5.02. The number of carbonyl (C=O) groups is 2. The van der Waals surface area contributed by atoms with Crippen molar-refractivity contribution >= 4 is 27.5 Å². The van der Waals surface area contributed by atoms with Gasteiger partial charge in [0.1, 0.15) is 5.69 Å². The van der Waals surface area contributed by atoms with E-state index in [1.165, 1.54) is 16.8 Å². The van der Waals surface area contributed by atoms with Crippen molar-refractivity contribution in [2.24, 2.45) is 7.05 Å². The van der Waals surface area contributed by atoms with E-state index in [2.05, 4.69) is 4.72 Å². The van der Waals surface area contributed by atoms with Crippen molar-refractivity contribution in [2.75, 3.05) is 17.0 Å². The number of sulfonamides is 1. The molecule has 1 aromatic heterocycles. The summed E-state index contributed by atoms with van der Waals surface area (Å²) in [5.74, 6) is -1.59. The van der Waals surface area contributed by atoms with Crippen LogP contribution in [0.1, 0.15) is 26.4 Å². The molecule has 2 heterocycles. The van der Waals surface area contributed by atoms with E-state index in [-0.39, 0.29) is 23.4 Å². The van der Waals surface area contributed by atoms with Crippen LogP contribution in [0.4, 0.5) is 5.69 Å². The summed E-state index contributed by atoms with van der Waals surface area (Å²) >= 11 is 0. The summed E-state index contributed by atoms with van der Waals surface area (Å²) in [4.78, 5) is 38.7. The molecule has 3 aromatic rings. The third-order valence-electron chi connectivity index (χ3n) is 5.27. The molecule has 9 nitrogen and oxygen atoms in total. The molecule has 0 bridgehead atoms. The van der Waals surface area contributed by atoms with Crippen LogP contribution in [0.2, 0.25) is 0 Å². The normalized spacial score (nSPS) is 13.5. The van der Waals surface area contributed by atoms with Gasteiger partial charge in [0.05, 0.1) is 28.3 Å². The van der Waals surface area contributed by atoms with E-state index >= 15 is 0 Å². The van der Waals surface area contributed by atoms with Crippen molar-refractivity contribution in [3.8, 4) is 5.69 Å². The molecule has 1 aliphatic rings. The Morgan fingerprint density at radius 3 is 2.00 bits per heavy atom. The van der Waals surface area contributed by atoms with Crippen LogP contribution in [0.3, 0.4) is 0 Å². The number of benzene rings is 2. The lowest BCUT2D eigenvalue weighted by Gasteiger charge is -2.14. The fraction of sp³-hybridized carbons (Fsp3) is 0.190. The molecule has 160 valence electrons. The first-order valence-electron chi connectivity index (χ1n) is 9.51. The monoisotopic (exact) mass is 440 g/mol. The van der Waals surface area contributed by atoms with Crippen LogP contribution < -0.4 is 10.3 Å². The van der Waals surface area contributed by atoms with Gasteiger partial charge in [-0.15, -0.1) is 0 Å². The maximum atomic E-state index is 12.9. The van der Waals surface area contributed by atoms with Crippen molar-refractivity contribution in [3.63, 3.8) is 0 Å². The van der Waals surface area contributed by atoms with E-state index in [1.54, 1.807) is 55.1 Å². The van der Waals surface area contributed by atoms with Crippen molar-refractivity contribution in [1.82, 2.24) is 14.3 Å². The first-order valence-corrected chi connectivity index (χ1v) is 11.2. The number of imide groups is 1. The second kappa shape index (κ2) is 7.55. The molecule has 0 unspecified atom stereocenters. The van der Waals surface area contributed by atoms with Crippen LogP contribution in [0.5, 0.6) is 0 Å². The van der Waals surface area contributed by atoms with Gasteiger partial charge < -0.3 is 0 Å². The van der Waals surface area contributed by atoms with Gasteiger partial charge in [-0.3, -0.25) is 28.7 Å². The highest BCUT2D eigenvalue weighted by Gasteiger charge is 2.35. The fourth-order valence-electron chi connectivity index (χ4n) is 3.55. The Labute approximate surface area is 178 Å². The minimum Gasteiger partial charge on any atom is -0.283 e. The molecule has 0 saturated carbocycles. The lowest BCUT2D eigenvalue weighted by Crippen LogP contribution is -2.36. The summed E-state index contributed by atoms with van der Waals surface area (Å²) < 4.78 is 30.6. The Bertz CT molecular complexity index is 1320. The van der Waals surface area contributed by atoms with Gasteiger partial charge in [-0.2, -0.15) is 0 Å². The summed E-state index contributed by atoms with van der Waals surface area (Å²) in [5, 5.41) is 0. The summed E-state index contributed by atoms with van der Waals surface area (Å²) in [5.41, 5.74) is 0.932. The summed E-state index contributed by atoms with van der Waals surface area (Å²) in [7, 11) is -2.36. The molecule has 31 heavy (non-hydrogen) atoms.